The van der Waals surface area contributed by atoms with Crippen LogP contribution < -0.4 is 0 Å². The number of carbonyl (C=O) groups excluding carboxylic acids is 1. The predicted octanol–water partition coefficient (Wildman–Crippen LogP) is 1.27. The highest BCUT2D eigenvalue weighted by Gasteiger charge is 2.30. The summed E-state index contributed by atoms with van der Waals surface area (Å²) in [6, 6.07) is 8.96. The maximum Gasteiger partial charge on any atom is 0.260 e. The summed E-state index contributed by atoms with van der Waals surface area (Å²) in [6.45, 7) is 3.55. The molecule has 0 spiro atoms. The molecule has 1 fully saturated rings. The third-order valence-corrected chi connectivity index (χ3v) is 6.36. The molecule has 25 heavy (non-hydrogen) atoms. The van der Waals surface area contributed by atoms with Gasteiger partial charge in [-0.25, -0.2) is 8.42 Å². The van der Waals surface area contributed by atoms with E-state index in [9.17, 15) is 13.2 Å². The van der Waals surface area contributed by atoms with Gasteiger partial charge in [0.05, 0.1) is 6.20 Å². The second-order valence-corrected chi connectivity index (χ2v) is 8.10. The quantitative estimate of drug-likeness (QED) is 0.824. The van der Waals surface area contributed by atoms with E-state index >= 15 is 0 Å². The van der Waals surface area contributed by atoms with E-state index in [2.05, 4.69) is 5.10 Å². The van der Waals surface area contributed by atoms with Crippen molar-refractivity contribution >= 4 is 15.9 Å². The molecule has 0 aliphatic carbocycles. The average molecular weight is 362 g/mol. The summed E-state index contributed by atoms with van der Waals surface area (Å²) in [4.78, 5) is 14.4. The zero-order valence-corrected chi connectivity index (χ0v) is 15.2. The summed E-state index contributed by atoms with van der Waals surface area (Å²) in [5, 5.41) is 4.11. The number of benzene rings is 1. The lowest BCUT2D eigenvalue weighted by Gasteiger charge is -2.22. The molecule has 134 valence electrons. The van der Waals surface area contributed by atoms with Gasteiger partial charge in [0, 0.05) is 38.8 Å². The van der Waals surface area contributed by atoms with Crippen LogP contribution in [0.1, 0.15) is 22.3 Å². The van der Waals surface area contributed by atoms with E-state index in [1.54, 1.807) is 18.0 Å². The van der Waals surface area contributed by atoms with Crippen molar-refractivity contribution in [2.45, 2.75) is 18.4 Å². The molecule has 1 saturated heterocycles. The Kier molecular flexibility index (Phi) is 4.91. The fraction of sp³-hybridized carbons (Fsp3) is 0.412. The Labute approximate surface area is 147 Å². The van der Waals surface area contributed by atoms with Gasteiger partial charge in [0.15, 0.2) is 5.03 Å². The van der Waals surface area contributed by atoms with Crippen molar-refractivity contribution < 1.29 is 13.2 Å². The van der Waals surface area contributed by atoms with Gasteiger partial charge in [0.2, 0.25) is 0 Å². The van der Waals surface area contributed by atoms with Gasteiger partial charge in [0.25, 0.3) is 15.9 Å². The van der Waals surface area contributed by atoms with Gasteiger partial charge in [-0.3, -0.25) is 9.48 Å². The number of hydrogen-bond acceptors (Lipinski definition) is 4. The summed E-state index contributed by atoms with van der Waals surface area (Å²) in [7, 11) is -1.99. The van der Waals surface area contributed by atoms with Crippen LogP contribution in [-0.4, -0.2) is 59.5 Å². The number of carbonyl (C=O) groups is 1. The van der Waals surface area contributed by atoms with E-state index in [4.69, 9.17) is 0 Å². The number of aryl methyl sites for hydroxylation is 2. The second kappa shape index (κ2) is 6.97. The first-order valence-electron chi connectivity index (χ1n) is 8.24. The smallest absolute Gasteiger partial charge is 0.260 e. The molecular weight excluding hydrogens is 340 g/mol. The van der Waals surface area contributed by atoms with Crippen molar-refractivity contribution in [3.8, 4) is 0 Å². The molecule has 1 aromatic heterocycles. The molecule has 2 heterocycles. The number of sulfonamides is 1. The molecule has 0 saturated carbocycles. The van der Waals surface area contributed by atoms with Crippen molar-refractivity contribution in [1.82, 2.24) is 19.0 Å². The molecule has 0 radical (unpaired) electrons. The van der Waals surface area contributed by atoms with Gasteiger partial charge in [-0.15, -0.1) is 0 Å². The van der Waals surface area contributed by atoms with E-state index in [1.807, 2.05) is 25.1 Å². The van der Waals surface area contributed by atoms with Gasteiger partial charge in [-0.2, -0.15) is 9.40 Å². The number of hydrogen-bond donors (Lipinski definition) is 0. The summed E-state index contributed by atoms with van der Waals surface area (Å²) < 4.78 is 28.3. The summed E-state index contributed by atoms with van der Waals surface area (Å²) in [5.41, 5.74) is 1.67. The zero-order chi connectivity index (χ0) is 18.0. The van der Waals surface area contributed by atoms with Crippen LogP contribution >= 0.6 is 0 Å². The molecule has 7 nitrogen and oxygen atoms in total. The molecule has 8 heteroatoms. The van der Waals surface area contributed by atoms with Gasteiger partial charge >= 0.3 is 0 Å². The lowest BCUT2D eigenvalue weighted by Crippen LogP contribution is -2.37. The number of amides is 1. The van der Waals surface area contributed by atoms with E-state index < -0.39 is 10.0 Å². The van der Waals surface area contributed by atoms with Gasteiger partial charge in [-0.05, 0) is 31.5 Å². The molecule has 1 amide bonds. The number of aromatic nitrogens is 2. The fourth-order valence-electron chi connectivity index (χ4n) is 3.04. The highest BCUT2D eigenvalue weighted by atomic mass is 32.2. The minimum absolute atomic E-state index is 0.0523. The Morgan fingerprint density at radius 2 is 1.92 bits per heavy atom. The SMILES string of the molecule is Cc1cccc(C(=O)N2CCCN(S(=O)(=O)c3ccnn3C)CC2)c1. The van der Waals surface area contributed by atoms with Crippen LogP contribution in [0.25, 0.3) is 0 Å². The van der Waals surface area contributed by atoms with Crippen LogP contribution in [0.5, 0.6) is 0 Å². The first-order chi connectivity index (χ1) is 11.9. The normalized spacial score (nSPS) is 16.6. The third-order valence-electron chi connectivity index (χ3n) is 4.39. The lowest BCUT2D eigenvalue weighted by atomic mass is 10.1. The Hall–Kier alpha value is -2.19. The fourth-order valence-corrected chi connectivity index (χ4v) is 4.61. The van der Waals surface area contributed by atoms with Crippen LogP contribution in [0.15, 0.2) is 41.6 Å². The standard InChI is InChI=1S/C17H22N4O3S/c1-14-5-3-6-15(13-14)17(22)20-9-4-10-21(12-11-20)25(23,24)16-7-8-18-19(16)2/h3,5-8,13H,4,9-12H2,1-2H3. The number of rotatable bonds is 3. The minimum atomic E-state index is -3.60. The first kappa shape index (κ1) is 17.6. The molecule has 0 N–H and O–H groups in total. The lowest BCUT2D eigenvalue weighted by molar-refractivity contribution is 0.0764. The van der Waals surface area contributed by atoms with Crippen molar-refractivity contribution in [2.75, 3.05) is 26.2 Å². The summed E-state index contributed by atoms with van der Waals surface area (Å²) >= 11 is 0. The Bertz CT molecular complexity index is 876. The Morgan fingerprint density at radius 1 is 1.12 bits per heavy atom. The molecule has 0 atom stereocenters. The highest BCUT2D eigenvalue weighted by molar-refractivity contribution is 7.89. The van der Waals surface area contributed by atoms with Crippen LogP contribution in [0.4, 0.5) is 0 Å². The van der Waals surface area contributed by atoms with E-state index in [0.29, 0.717) is 31.6 Å². The molecule has 1 aromatic carbocycles. The second-order valence-electron chi connectivity index (χ2n) is 6.21. The van der Waals surface area contributed by atoms with E-state index in [-0.39, 0.29) is 17.5 Å². The predicted molar refractivity (Wildman–Crippen MR) is 93.7 cm³/mol. The van der Waals surface area contributed by atoms with Gasteiger partial charge < -0.3 is 4.90 Å². The minimum Gasteiger partial charge on any atom is -0.337 e. The van der Waals surface area contributed by atoms with Crippen molar-refractivity contribution in [3.05, 3.63) is 47.7 Å². The maximum absolute atomic E-state index is 12.8. The van der Waals surface area contributed by atoms with Gasteiger partial charge in [0.1, 0.15) is 0 Å². The highest BCUT2D eigenvalue weighted by Crippen LogP contribution is 2.18. The maximum atomic E-state index is 12.8. The molecule has 1 aliphatic rings. The first-order valence-corrected chi connectivity index (χ1v) is 9.68. The van der Waals surface area contributed by atoms with Crippen molar-refractivity contribution in [3.63, 3.8) is 0 Å². The van der Waals surface area contributed by atoms with Crippen LogP contribution in [0.3, 0.4) is 0 Å². The Balaban J connectivity index is 1.74. The van der Waals surface area contributed by atoms with Crippen LogP contribution in [0.2, 0.25) is 0 Å². The number of nitrogens with zero attached hydrogens (tertiary/aromatic N) is 4. The topological polar surface area (TPSA) is 75.5 Å². The molecule has 1 aliphatic heterocycles. The molecular formula is C17H22N4O3S. The largest absolute Gasteiger partial charge is 0.337 e. The molecule has 3 rings (SSSR count). The molecule has 0 unspecified atom stereocenters. The van der Waals surface area contributed by atoms with Crippen molar-refractivity contribution in [2.24, 2.45) is 7.05 Å². The van der Waals surface area contributed by atoms with Crippen LogP contribution in [0, 0.1) is 6.92 Å². The summed E-state index contributed by atoms with van der Waals surface area (Å²) in [5.74, 6) is -0.0523. The third kappa shape index (κ3) is 3.59. The van der Waals surface area contributed by atoms with E-state index in [0.717, 1.165) is 5.56 Å². The zero-order valence-electron chi connectivity index (χ0n) is 14.4. The van der Waals surface area contributed by atoms with E-state index in [1.165, 1.54) is 21.3 Å². The van der Waals surface area contributed by atoms with Crippen molar-refractivity contribution in [1.29, 1.82) is 0 Å². The molecule has 2 aromatic rings. The monoisotopic (exact) mass is 362 g/mol. The average Bonchev–Trinajstić information content (AvgIpc) is 2.87. The van der Waals surface area contributed by atoms with Gasteiger partial charge in [-0.1, -0.05) is 17.7 Å². The Morgan fingerprint density at radius 3 is 2.60 bits per heavy atom. The summed E-state index contributed by atoms with van der Waals surface area (Å²) in [6.07, 6.45) is 2.08. The van der Waals surface area contributed by atoms with Crippen LogP contribution in [-0.2, 0) is 17.1 Å². The molecule has 0 bridgehead atoms.